The molecule has 0 radical (unpaired) electrons. The smallest absolute Gasteiger partial charge is 0.397 e. The lowest BCUT2D eigenvalue weighted by atomic mass is 9.99. The van der Waals surface area contributed by atoms with E-state index in [9.17, 15) is 28.5 Å². The number of allylic oxidation sites excluding steroid dienone is 10. The standard InChI is InChI=1S/C44H76O12S/c1-3-5-7-9-11-13-14-15-16-17-18-19-20-21-22-23-24-25-26-28-30-32-34-52-36-38(54-40(46)33-31-29-27-12-10-8-6-4-2)37-53-44-42(48)43(56-57(49,50)51)41(47)39(35-45)55-44/h5,7,11,13,15-16,18-19,21-22,38-39,41-45,47-48H,3-4,6,8-10,12,14,17,20,23-37H2,1-2H3,(H,49,50,51)/b7-5-,13-11-,16-15-,19-18-,22-21-. The zero-order valence-corrected chi connectivity index (χ0v) is 35.7. The predicted molar refractivity (Wildman–Crippen MR) is 225 cm³/mol. The highest BCUT2D eigenvalue weighted by molar-refractivity contribution is 7.80. The van der Waals surface area contributed by atoms with Crippen molar-refractivity contribution in [3.8, 4) is 0 Å². The predicted octanol–water partition coefficient (Wildman–Crippen LogP) is 8.57. The normalized spacial score (nSPS) is 21.3. The van der Waals surface area contributed by atoms with Crippen LogP contribution in [0, 0.1) is 0 Å². The molecule has 12 nitrogen and oxygen atoms in total. The molecule has 1 aliphatic heterocycles. The number of aliphatic hydroxyl groups excluding tert-OH is 3. The van der Waals surface area contributed by atoms with Crippen molar-refractivity contribution in [2.45, 2.75) is 185 Å². The van der Waals surface area contributed by atoms with Gasteiger partial charge >= 0.3 is 16.4 Å². The number of esters is 1. The Hall–Kier alpha value is -2.20. The van der Waals surface area contributed by atoms with Crippen LogP contribution in [0.1, 0.15) is 149 Å². The van der Waals surface area contributed by atoms with E-state index in [0.717, 1.165) is 89.9 Å². The number of hydrogen-bond acceptors (Lipinski definition) is 11. The van der Waals surface area contributed by atoms with Crippen LogP contribution in [-0.4, -0.2) is 97.5 Å². The molecule has 13 heteroatoms. The van der Waals surface area contributed by atoms with Crippen molar-refractivity contribution in [3.63, 3.8) is 0 Å². The maximum atomic E-state index is 12.7. The third-order valence-electron chi connectivity index (χ3n) is 9.40. The molecular weight excluding hydrogens is 753 g/mol. The van der Waals surface area contributed by atoms with Gasteiger partial charge in [-0.25, -0.2) is 4.18 Å². The second-order valence-electron chi connectivity index (χ2n) is 14.6. The van der Waals surface area contributed by atoms with Gasteiger partial charge in [0.15, 0.2) is 6.29 Å². The molecule has 1 saturated heterocycles. The van der Waals surface area contributed by atoms with E-state index < -0.39 is 59.8 Å². The second kappa shape index (κ2) is 35.7. The zero-order chi connectivity index (χ0) is 41.8. The molecule has 330 valence electrons. The molecule has 4 N–H and O–H groups in total. The lowest BCUT2D eigenvalue weighted by Gasteiger charge is -2.41. The Morgan fingerprint density at radius 3 is 1.77 bits per heavy atom. The van der Waals surface area contributed by atoms with Gasteiger partial charge in [0.25, 0.3) is 0 Å². The fourth-order valence-electron chi connectivity index (χ4n) is 6.17. The lowest BCUT2D eigenvalue weighted by Crippen LogP contribution is -2.60. The van der Waals surface area contributed by atoms with Gasteiger partial charge in [-0.1, -0.05) is 145 Å². The van der Waals surface area contributed by atoms with Crippen molar-refractivity contribution in [3.05, 3.63) is 60.8 Å². The van der Waals surface area contributed by atoms with Crippen LogP contribution in [0.15, 0.2) is 60.8 Å². The Kier molecular flexibility index (Phi) is 33.1. The summed E-state index contributed by atoms with van der Waals surface area (Å²) in [7, 11) is -5.06. The summed E-state index contributed by atoms with van der Waals surface area (Å²) in [4.78, 5) is 12.7. The van der Waals surface area contributed by atoms with Gasteiger partial charge in [0.05, 0.1) is 19.8 Å². The summed E-state index contributed by atoms with van der Waals surface area (Å²) in [5, 5.41) is 30.5. The zero-order valence-electron chi connectivity index (χ0n) is 34.9. The fourth-order valence-corrected chi connectivity index (χ4v) is 6.68. The van der Waals surface area contributed by atoms with Crippen LogP contribution in [0.4, 0.5) is 0 Å². The Morgan fingerprint density at radius 2 is 1.21 bits per heavy atom. The summed E-state index contributed by atoms with van der Waals surface area (Å²) in [6.45, 7) is 3.78. The average molecular weight is 829 g/mol. The summed E-state index contributed by atoms with van der Waals surface area (Å²) in [5.41, 5.74) is 0. The summed E-state index contributed by atoms with van der Waals surface area (Å²) >= 11 is 0. The maximum Gasteiger partial charge on any atom is 0.397 e. The number of carbonyl (C=O) groups is 1. The molecule has 0 aliphatic carbocycles. The number of unbranched alkanes of at least 4 members (excludes halogenated alkanes) is 13. The summed E-state index contributed by atoms with van der Waals surface area (Å²) < 4.78 is 58.8. The number of carbonyl (C=O) groups excluding carboxylic acids is 1. The van der Waals surface area contributed by atoms with Gasteiger partial charge < -0.3 is 34.3 Å². The van der Waals surface area contributed by atoms with Crippen molar-refractivity contribution in [2.24, 2.45) is 0 Å². The molecule has 0 aromatic carbocycles. The highest BCUT2D eigenvalue weighted by atomic mass is 32.3. The van der Waals surface area contributed by atoms with Crippen molar-refractivity contribution in [1.82, 2.24) is 0 Å². The number of ether oxygens (including phenoxy) is 4. The first-order valence-electron chi connectivity index (χ1n) is 21.5. The number of aliphatic hydroxyl groups is 3. The molecule has 0 aromatic heterocycles. The van der Waals surface area contributed by atoms with Gasteiger partial charge in [0.2, 0.25) is 0 Å². The van der Waals surface area contributed by atoms with Gasteiger partial charge in [-0.15, -0.1) is 0 Å². The third kappa shape index (κ3) is 29.6. The van der Waals surface area contributed by atoms with E-state index in [4.69, 9.17) is 23.5 Å². The van der Waals surface area contributed by atoms with Gasteiger partial charge in [-0.3, -0.25) is 9.35 Å². The largest absolute Gasteiger partial charge is 0.457 e. The lowest BCUT2D eigenvalue weighted by molar-refractivity contribution is -0.301. The van der Waals surface area contributed by atoms with Crippen LogP contribution in [0.25, 0.3) is 0 Å². The SMILES string of the molecule is CC/C=C\C/C=C\C/C=C\C/C=C\C/C=C\CCCCCCCCOCC(COC1OC(CO)C(O)C(OS(=O)(=O)O)C1O)OC(=O)CCCCCCCCCC. The van der Waals surface area contributed by atoms with Crippen molar-refractivity contribution < 1.29 is 56.2 Å². The Balaban J connectivity index is 2.38. The Morgan fingerprint density at radius 1 is 0.684 bits per heavy atom. The van der Waals surface area contributed by atoms with Gasteiger partial charge in [0.1, 0.15) is 30.5 Å². The Bertz CT molecular complexity index is 1230. The van der Waals surface area contributed by atoms with E-state index in [2.05, 4.69) is 78.8 Å². The molecule has 1 aliphatic rings. The molecule has 1 fully saturated rings. The minimum Gasteiger partial charge on any atom is -0.457 e. The molecule has 0 saturated carbocycles. The van der Waals surface area contributed by atoms with E-state index in [0.29, 0.717) is 13.0 Å². The summed E-state index contributed by atoms with van der Waals surface area (Å²) in [5.74, 6) is -0.413. The molecule has 0 aromatic rings. The highest BCUT2D eigenvalue weighted by Crippen LogP contribution is 2.26. The first-order valence-corrected chi connectivity index (χ1v) is 22.9. The quantitative estimate of drug-likeness (QED) is 0.0205. The van der Waals surface area contributed by atoms with E-state index in [1.165, 1.54) is 32.1 Å². The topological polar surface area (TPSA) is 178 Å². The molecule has 0 amide bonds. The van der Waals surface area contributed by atoms with Crippen LogP contribution < -0.4 is 0 Å². The second-order valence-corrected chi connectivity index (χ2v) is 15.6. The number of rotatable bonds is 36. The molecule has 6 atom stereocenters. The summed E-state index contributed by atoms with van der Waals surface area (Å²) in [6, 6.07) is 0. The van der Waals surface area contributed by atoms with E-state index in [1.54, 1.807) is 0 Å². The molecule has 1 rings (SSSR count). The van der Waals surface area contributed by atoms with Gasteiger partial charge in [-0.05, 0) is 57.8 Å². The van der Waals surface area contributed by atoms with Crippen LogP contribution in [0.5, 0.6) is 0 Å². The maximum absolute atomic E-state index is 12.7. The minimum atomic E-state index is -5.06. The third-order valence-corrected chi connectivity index (χ3v) is 9.87. The van der Waals surface area contributed by atoms with E-state index in [1.807, 2.05) is 0 Å². The Labute approximate surface area is 344 Å². The van der Waals surface area contributed by atoms with Crippen molar-refractivity contribution in [2.75, 3.05) is 26.4 Å². The van der Waals surface area contributed by atoms with Crippen molar-refractivity contribution >= 4 is 16.4 Å². The summed E-state index contributed by atoms with van der Waals surface area (Å²) in [6.07, 6.45) is 34.2. The molecular formula is C44H76O12S. The highest BCUT2D eigenvalue weighted by Gasteiger charge is 2.48. The van der Waals surface area contributed by atoms with Crippen LogP contribution in [-0.2, 0) is 38.3 Å². The number of hydrogen-bond donors (Lipinski definition) is 4. The molecule has 0 spiro atoms. The fraction of sp³-hybridized carbons (Fsp3) is 0.750. The molecule has 57 heavy (non-hydrogen) atoms. The monoisotopic (exact) mass is 829 g/mol. The molecule has 1 heterocycles. The van der Waals surface area contributed by atoms with Crippen molar-refractivity contribution in [1.29, 1.82) is 0 Å². The minimum absolute atomic E-state index is 0.0240. The van der Waals surface area contributed by atoms with Gasteiger partial charge in [0, 0.05) is 13.0 Å². The van der Waals surface area contributed by atoms with E-state index in [-0.39, 0.29) is 19.6 Å². The first-order chi connectivity index (χ1) is 27.6. The van der Waals surface area contributed by atoms with Gasteiger partial charge in [-0.2, -0.15) is 8.42 Å². The average Bonchev–Trinajstić information content (AvgIpc) is 3.18. The molecule has 0 bridgehead atoms. The van der Waals surface area contributed by atoms with Crippen LogP contribution in [0.3, 0.4) is 0 Å². The van der Waals surface area contributed by atoms with Crippen LogP contribution in [0.2, 0.25) is 0 Å². The van der Waals surface area contributed by atoms with E-state index >= 15 is 0 Å². The van der Waals surface area contributed by atoms with Crippen LogP contribution >= 0.6 is 0 Å². The first kappa shape index (κ1) is 52.8. The molecule has 6 unspecified atom stereocenters.